The summed E-state index contributed by atoms with van der Waals surface area (Å²) in [4.78, 5) is 23.9. The Morgan fingerprint density at radius 2 is 1.89 bits per heavy atom. The van der Waals surface area contributed by atoms with Gasteiger partial charge in [0.1, 0.15) is 0 Å². The predicted octanol–water partition coefficient (Wildman–Crippen LogP) is 0.738. The number of urea groups is 1. The first kappa shape index (κ1) is 16.7. The Balaban J connectivity index is 3.45. The van der Waals surface area contributed by atoms with Gasteiger partial charge in [-0.3, -0.25) is 4.79 Å². The highest BCUT2D eigenvalue weighted by Crippen LogP contribution is 1.98. The molecule has 0 aromatic rings. The Morgan fingerprint density at radius 1 is 1.22 bits per heavy atom. The van der Waals surface area contributed by atoms with Gasteiger partial charge in [0.05, 0.1) is 0 Å². The lowest BCUT2D eigenvalue weighted by Gasteiger charge is -2.12. The molecule has 0 bridgehead atoms. The minimum atomic E-state index is -0.839. The van der Waals surface area contributed by atoms with Gasteiger partial charge in [-0.15, -0.1) is 0 Å². The molecule has 0 fully saturated rings. The van der Waals surface area contributed by atoms with Crippen LogP contribution in [0.25, 0.3) is 0 Å². The highest BCUT2D eigenvalue weighted by atomic mass is 16.4. The largest absolute Gasteiger partial charge is 0.481 e. The molecule has 0 saturated heterocycles. The third-order valence-corrected chi connectivity index (χ3v) is 2.45. The number of unbranched alkanes of at least 4 members (excludes halogenated alkanes) is 1. The van der Waals surface area contributed by atoms with Crippen molar-refractivity contribution in [1.29, 1.82) is 0 Å². The molecule has 0 aliphatic rings. The number of amides is 2. The van der Waals surface area contributed by atoms with Crippen molar-refractivity contribution in [1.82, 2.24) is 15.5 Å². The summed E-state index contributed by atoms with van der Waals surface area (Å²) >= 11 is 0. The Labute approximate surface area is 109 Å². The molecule has 0 radical (unpaired) electrons. The van der Waals surface area contributed by atoms with Gasteiger partial charge in [0, 0.05) is 19.5 Å². The highest BCUT2D eigenvalue weighted by Gasteiger charge is 2.08. The topological polar surface area (TPSA) is 81.7 Å². The van der Waals surface area contributed by atoms with Gasteiger partial charge in [0.2, 0.25) is 0 Å². The van der Waals surface area contributed by atoms with Crippen LogP contribution in [0.4, 0.5) is 4.79 Å². The monoisotopic (exact) mass is 259 g/mol. The van der Waals surface area contributed by atoms with Crippen LogP contribution in [-0.2, 0) is 4.79 Å². The molecule has 0 rings (SSSR count). The maximum atomic E-state index is 11.4. The summed E-state index contributed by atoms with van der Waals surface area (Å²) in [5, 5.41) is 14.0. The number of nitrogens with zero attached hydrogens (tertiary/aromatic N) is 1. The number of carbonyl (C=O) groups is 2. The van der Waals surface area contributed by atoms with Gasteiger partial charge in [-0.1, -0.05) is 6.92 Å². The number of aliphatic carboxylic acids is 1. The van der Waals surface area contributed by atoms with Gasteiger partial charge in [-0.05, 0) is 39.4 Å². The second kappa shape index (κ2) is 9.70. The first-order valence-corrected chi connectivity index (χ1v) is 6.30. The number of rotatable bonds is 9. The average molecular weight is 259 g/mol. The van der Waals surface area contributed by atoms with Crippen molar-refractivity contribution < 1.29 is 14.7 Å². The number of carboxylic acid groups (broad SMARTS) is 1. The van der Waals surface area contributed by atoms with Crippen LogP contribution in [0.2, 0.25) is 0 Å². The lowest BCUT2D eigenvalue weighted by molar-refractivity contribution is -0.137. The summed E-state index contributed by atoms with van der Waals surface area (Å²) in [6.45, 7) is 3.84. The average Bonchev–Trinajstić information content (AvgIpc) is 2.24. The van der Waals surface area contributed by atoms with Gasteiger partial charge in [0.25, 0.3) is 0 Å². The summed E-state index contributed by atoms with van der Waals surface area (Å²) in [6, 6.07) is -0.225. The van der Waals surface area contributed by atoms with Crippen LogP contribution in [0.5, 0.6) is 0 Å². The van der Waals surface area contributed by atoms with Crippen LogP contribution in [0.15, 0.2) is 0 Å². The molecular formula is C12H25N3O3. The van der Waals surface area contributed by atoms with E-state index in [4.69, 9.17) is 5.11 Å². The van der Waals surface area contributed by atoms with Crippen LogP contribution in [-0.4, -0.2) is 55.7 Å². The minimum absolute atomic E-state index is 0.0537. The Bertz CT molecular complexity index is 257. The van der Waals surface area contributed by atoms with E-state index in [0.717, 1.165) is 19.4 Å². The van der Waals surface area contributed by atoms with Crippen LogP contribution < -0.4 is 10.6 Å². The number of nitrogens with one attached hydrogen (secondary N) is 2. The third-order valence-electron chi connectivity index (χ3n) is 2.45. The Hall–Kier alpha value is -1.30. The van der Waals surface area contributed by atoms with E-state index in [9.17, 15) is 9.59 Å². The predicted molar refractivity (Wildman–Crippen MR) is 70.6 cm³/mol. The number of hydrogen-bond acceptors (Lipinski definition) is 3. The molecule has 6 heteroatoms. The number of carbonyl (C=O) groups excluding carboxylic acids is 1. The van der Waals surface area contributed by atoms with E-state index in [1.54, 1.807) is 6.92 Å². The van der Waals surface area contributed by atoms with Gasteiger partial charge in [-0.2, -0.15) is 0 Å². The van der Waals surface area contributed by atoms with Crippen molar-refractivity contribution in [2.24, 2.45) is 5.92 Å². The molecule has 0 aromatic carbocycles. The van der Waals surface area contributed by atoms with Crippen LogP contribution in [0, 0.1) is 5.92 Å². The van der Waals surface area contributed by atoms with Gasteiger partial charge in [-0.25, -0.2) is 4.79 Å². The van der Waals surface area contributed by atoms with Crippen molar-refractivity contribution in [3.05, 3.63) is 0 Å². The molecule has 106 valence electrons. The summed E-state index contributed by atoms with van der Waals surface area (Å²) in [5.74, 6) is -0.893. The fourth-order valence-electron chi connectivity index (χ4n) is 1.45. The van der Waals surface area contributed by atoms with Crippen LogP contribution in [0.3, 0.4) is 0 Å². The van der Waals surface area contributed by atoms with E-state index >= 15 is 0 Å². The fourth-order valence-corrected chi connectivity index (χ4v) is 1.45. The molecule has 0 aromatic heterocycles. The molecule has 0 saturated carbocycles. The maximum absolute atomic E-state index is 11.4. The fraction of sp³-hybridized carbons (Fsp3) is 0.833. The first-order valence-electron chi connectivity index (χ1n) is 6.30. The summed E-state index contributed by atoms with van der Waals surface area (Å²) < 4.78 is 0. The Morgan fingerprint density at radius 3 is 2.44 bits per heavy atom. The second-order valence-electron chi connectivity index (χ2n) is 4.85. The first-order chi connectivity index (χ1) is 8.41. The molecule has 1 atom stereocenters. The van der Waals surface area contributed by atoms with Crippen LogP contribution >= 0.6 is 0 Å². The normalized spacial score (nSPS) is 12.2. The molecule has 0 aliphatic heterocycles. The molecule has 0 aliphatic carbocycles. The van der Waals surface area contributed by atoms with E-state index in [1.165, 1.54) is 0 Å². The molecule has 6 nitrogen and oxygen atoms in total. The lowest BCUT2D eigenvalue weighted by Crippen LogP contribution is -2.38. The zero-order chi connectivity index (χ0) is 14.0. The summed E-state index contributed by atoms with van der Waals surface area (Å²) in [7, 11) is 4.04. The quantitative estimate of drug-likeness (QED) is 0.533. The highest BCUT2D eigenvalue weighted by molar-refractivity contribution is 5.73. The van der Waals surface area contributed by atoms with Gasteiger partial charge < -0.3 is 20.6 Å². The van der Waals surface area contributed by atoms with Crippen LogP contribution in [0.1, 0.15) is 26.2 Å². The number of carboxylic acids is 1. The van der Waals surface area contributed by atoms with Gasteiger partial charge >= 0.3 is 12.0 Å². The van der Waals surface area contributed by atoms with E-state index < -0.39 is 5.97 Å². The van der Waals surface area contributed by atoms with Crippen molar-refractivity contribution in [3.8, 4) is 0 Å². The molecule has 0 heterocycles. The lowest BCUT2D eigenvalue weighted by atomic mass is 10.1. The van der Waals surface area contributed by atoms with E-state index in [-0.39, 0.29) is 18.4 Å². The van der Waals surface area contributed by atoms with Crippen molar-refractivity contribution in [3.63, 3.8) is 0 Å². The summed E-state index contributed by atoms with van der Waals surface area (Å²) in [6.07, 6.45) is 2.06. The molecule has 0 spiro atoms. The molecule has 2 amide bonds. The van der Waals surface area contributed by atoms with E-state index in [0.29, 0.717) is 13.1 Å². The third kappa shape index (κ3) is 11.2. The maximum Gasteiger partial charge on any atom is 0.314 e. The Kier molecular flexibility index (Phi) is 9.00. The zero-order valence-corrected chi connectivity index (χ0v) is 11.5. The van der Waals surface area contributed by atoms with Crippen molar-refractivity contribution >= 4 is 12.0 Å². The van der Waals surface area contributed by atoms with Gasteiger partial charge in [0.15, 0.2) is 0 Å². The number of hydrogen-bond donors (Lipinski definition) is 3. The standard InChI is InChI=1S/C12H25N3O3/c1-10(8-11(16)17)9-14-12(18)13-6-4-5-7-15(2)3/h10H,4-9H2,1-3H3,(H,16,17)(H2,13,14,18). The minimum Gasteiger partial charge on any atom is -0.481 e. The molecular weight excluding hydrogens is 234 g/mol. The molecule has 18 heavy (non-hydrogen) atoms. The van der Waals surface area contributed by atoms with E-state index in [2.05, 4.69) is 15.5 Å². The van der Waals surface area contributed by atoms with E-state index in [1.807, 2.05) is 14.1 Å². The second-order valence-corrected chi connectivity index (χ2v) is 4.85. The van der Waals surface area contributed by atoms with Crippen molar-refractivity contribution in [2.75, 3.05) is 33.7 Å². The summed E-state index contributed by atoms with van der Waals surface area (Å²) in [5.41, 5.74) is 0. The smallest absolute Gasteiger partial charge is 0.314 e. The SMILES string of the molecule is CC(CNC(=O)NCCCCN(C)C)CC(=O)O. The molecule has 3 N–H and O–H groups in total. The van der Waals surface area contributed by atoms with Crippen molar-refractivity contribution in [2.45, 2.75) is 26.2 Å². The zero-order valence-electron chi connectivity index (χ0n) is 11.5. The molecule has 1 unspecified atom stereocenters.